The van der Waals surface area contributed by atoms with Gasteiger partial charge in [-0.1, -0.05) is 12.1 Å². The first-order chi connectivity index (χ1) is 6.57. The van der Waals surface area contributed by atoms with Crippen LogP contribution in [-0.2, 0) is 6.04 Å². The van der Waals surface area contributed by atoms with Gasteiger partial charge < -0.3 is 9.80 Å². The lowest BCUT2D eigenvalue weighted by Gasteiger charge is -2.25. The SMILES string of the molecule is CN(C)c1cccc(C[Si])c1N(C)C. The highest BCUT2D eigenvalue weighted by Crippen LogP contribution is 2.30. The van der Waals surface area contributed by atoms with Crippen LogP contribution in [0.4, 0.5) is 11.4 Å². The topological polar surface area (TPSA) is 6.48 Å². The van der Waals surface area contributed by atoms with Crippen LogP contribution in [0.1, 0.15) is 5.56 Å². The van der Waals surface area contributed by atoms with Gasteiger partial charge in [-0.2, -0.15) is 0 Å². The molecule has 2 nitrogen and oxygen atoms in total. The van der Waals surface area contributed by atoms with Crippen LogP contribution >= 0.6 is 0 Å². The average Bonchev–Trinajstić information content (AvgIpc) is 2.16. The summed E-state index contributed by atoms with van der Waals surface area (Å²) in [5.41, 5.74) is 3.86. The van der Waals surface area contributed by atoms with Gasteiger partial charge in [0.15, 0.2) is 0 Å². The lowest BCUT2D eigenvalue weighted by Crippen LogP contribution is -2.18. The number of hydrogen-bond acceptors (Lipinski definition) is 2. The van der Waals surface area contributed by atoms with Crippen molar-refractivity contribution in [2.75, 3.05) is 38.0 Å². The van der Waals surface area contributed by atoms with Crippen LogP contribution in [0, 0.1) is 0 Å². The molecule has 0 bridgehead atoms. The molecule has 3 heteroatoms. The fourth-order valence-corrected chi connectivity index (χ4v) is 1.88. The minimum Gasteiger partial charge on any atom is -0.376 e. The summed E-state index contributed by atoms with van der Waals surface area (Å²) in [6.07, 6.45) is 0. The molecule has 75 valence electrons. The summed E-state index contributed by atoms with van der Waals surface area (Å²) >= 11 is 0. The molecule has 0 saturated carbocycles. The predicted molar refractivity (Wildman–Crippen MR) is 64.6 cm³/mol. The minimum absolute atomic E-state index is 0.884. The van der Waals surface area contributed by atoms with E-state index in [9.17, 15) is 0 Å². The summed E-state index contributed by atoms with van der Waals surface area (Å²) in [5.74, 6) is 0. The number of anilines is 2. The van der Waals surface area contributed by atoms with Crippen molar-refractivity contribution in [3.8, 4) is 0 Å². The zero-order valence-corrected chi connectivity index (χ0v) is 10.3. The molecule has 0 heterocycles. The molecule has 0 aliphatic carbocycles. The summed E-state index contributed by atoms with van der Waals surface area (Å²) in [6, 6.07) is 7.27. The molecule has 3 radical (unpaired) electrons. The summed E-state index contributed by atoms with van der Waals surface area (Å²) in [7, 11) is 11.9. The Kier molecular flexibility index (Phi) is 3.58. The molecule has 0 aliphatic heterocycles. The van der Waals surface area contributed by atoms with E-state index in [-0.39, 0.29) is 0 Å². The lowest BCUT2D eigenvalue weighted by atomic mass is 10.1. The normalized spacial score (nSPS) is 10.1. The zero-order valence-electron chi connectivity index (χ0n) is 9.33. The largest absolute Gasteiger partial charge is 0.376 e. The summed E-state index contributed by atoms with van der Waals surface area (Å²) < 4.78 is 0. The average molecular weight is 205 g/mol. The van der Waals surface area contributed by atoms with Crippen LogP contribution < -0.4 is 9.80 Å². The van der Waals surface area contributed by atoms with Crippen molar-refractivity contribution in [2.45, 2.75) is 6.04 Å². The van der Waals surface area contributed by atoms with E-state index in [4.69, 9.17) is 0 Å². The van der Waals surface area contributed by atoms with Gasteiger partial charge in [0.25, 0.3) is 0 Å². The summed E-state index contributed by atoms with van der Waals surface area (Å²) in [5, 5.41) is 0. The van der Waals surface area contributed by atoms with Crippen molar-refractivity contribution < 1.29 is 0 Å². The number of nitrogens with zero attached hydrogens (tertiary/aromatic N) is 2. The van der Waals surface area contributed by atoms with E-state index in [2.05, 4.69) is 66.4 Å². The Morgan fingerprint density at radius 2 is 1.71 bits per heavy atom. The maximum Gasteiger partial charge on any atom is 0.0628 e. The second-order valence-electron chi connectivity index (χ2n) is 3.75. The molecule has 14 heavy (non-hydrogen) atoms. The smallest absolute Gasteiger partial charge is 0.0628 e. The molecule has 0 aliphatic rings. The van der Waals surface area contributed by atoms with Crippen molar-refractivity contribution in [1.82, 2.24) is 0 Å². The fraction of sp³-hybridized carbons (Fsp3) is 0.455. The Hall–Kier alpha value is -0.963. The van der Waals surface area contributed by atoms with E-state index >= 15 is 0 Å². The molecule has 0 saturated heterocycles. The van der Waals surface area contributed by atoms with Gasteiger partial charge in [-0.15, -0.1) is 0 Å². The minimum atomic E-state index is 0.884. The van der Waals surface area contributed by atoms with E-state index in [1.165, 1.54) is 16.9 Å². The van der Waals surface area contributed by atoms with Gasteiger partial charge in [0.2, 0.25) is 0 Å². The molecule has 0 spiro atoms. The second-order valence-corrected chi connectivity index (χ2v) is 4.10. The molecule has 1 aromatic carbocycles. The highest BCUT2D eigenvalue weighted by atomic mass is 28.1. The van der Waals surface area contributed by atoms with Crippen molar-refractivity contribution in [3.05, 3.63) is 23.8 Å². The van der Waals surface area contributed by atoms with E-state index < -0.39 is 0 Å². The van der Waals surface area contributed by atoms with Crippen LogP contribution in [0.25, 0.3) is 0 Å². The molecule has 0 aromatic heterocycles. The molecule has 0 N–H and O–H groups in total. The van der Waals surface area contributed by atoms with Crippen molar-refractivity contribution in [2.24, 2.45) is 0 Å². The predicted octanol–water partition coefficient (Wildman–Crippen LogP) is 1.49. The molecule has 1 aromatic rings. The molecular formula is C11H17N2Si. The van der Waals surface area contributed by atoms with E-state index in [0.29, 0.717) is 0 Å². The van der Waals surface area contributed by atoms with E-state index in [1.54, 1.807) is 0 Å². The maximum absolute atomic E-state index is 3.56. The summed E-state index contributed by atoms with van der Waals surface area (Å²) in [6.45, 7) is 0. The quantitative estimate of drug-likeness (QED) is 0.690. The molecule has 0 fully saturated rings. The highest BCUT2D eigenvalue weighted by molar-refractivity contribution is 6.09. The van der Waals surface area contributed by atoms with Crippen LogP contribution in [0.15, 0.2) is 18.2 Å². The molecule has 0 unspecified atom stereocenters. The third-order valence-electron chi connectivity index (χ3n) is 2.22. The van der Waals surface area contributed by atoms with Crippen molar-refractivity contribution >= 4 is 21.6 Å². The third-order valence-corrected chi connectivity index (χ3v) is 2.60. The van der Waals surface area contributed by atoms with Crippen LogP contribution in [0.5, 0.6) is 0 Å². The molecular weight excluding hydrogens is 188 g/mol. The monoisotopic (exact) mass is 205 g/mol. The number of rotatable bonds is 3. The van der Waals surface area contributed by atoms with Gasteiger partial charge in [0.1, 0.15) is 0 Å². The van der Waals surface area contributed by atoms with E-state index in [0.717, 1.165) is 6.04 Å². The van der Waals surface area contributed by atoms with E-state index in [1.807, 2.05) is 0 Å². The Morgan fingerprint density at radius 3 is 2.14 bits per heavy atom. The van der Waals surface area contributed by atoms with Crippen LogP contribution in [0.3, 0.4) is 0 Å². The Balaban J connectivity index is 3.28. The lowest BCUT2D eigenvalue weighted by molar-refractivity contribution is 1.06. The fourth-order valence-electron chi connectivity index (χ4n) is 1.60. The maximum atomic E-state index is 3.56. The highest BCUT2D eigenvalue weighted by Gasteiger charge is 2.09. The molecule has 1 rings (SSSR count). The van der Waals surface area contributed by atoms with Gasteiger partial charge >= 0.3 is 0 Å². The van der Waals surface area contributed by atoms with Gasteiger partial charge in [-0.05, 0) is 17.7 Å². The Bertz CT molecular complexity index is 308. The number of benzene rings is 1. The van der Waals surface area contributed by atoms with Gasteiger partial charge in [-0.3, -0.25) is 0 Å². The Morgan fingerprint density at radius 1 is 1.07 bits per heavy atom. The van der Waals surface area contributed by atoms with Crippen molar-refractivity contribution in [1.29, 1.82) is 0 Å². The number of hydrogen-bond donors (Lipinski definition) is 0. The van der Waals surface area contributed by atoms with Crippen LogP contribution in [-0.4, -0.2) is 38.4 Å². The van der Waals surface area contributed by atoms with Gasteiger partial charge in [-0.25, -0.2) is 0 Å². The second kappa shape index (κ2) is 4.51. The number of para-hydroxylation sites is 1. The first kappa shape index (κ1) is 11.1. The zero-order chi connectivity index (χ0) is 10.7. The standard InChI is InChI=1S/C11H17N2Si/c1-12(2)10-7-5-6-9(8-14)11(10)13(3)4/h5-7H,8H2,1-4H3. The first-order valence-electron chi connectivity index (χ1n) is 4.69. The molecule has 0 atom stereocenters. The first-order valence-corrected chi connectivity index (χ1v) is 5.39. The Labute approximate surface area is 89.9 Å². The van der Waals surface area contributed by atoms with Gasteiger partial charge in [0.05, 0.1) is 11.4 Å². The van der Waals surface area contributed by atoms with Gasteiger partial charge in [0, 0.05) is 38.4 Å². The van der Waals surface area contributed by atoms with Crippen molar-refractivity contribution in [3.63, 3.8) is 0 Å². The van der Waals surface area contributed by atoms with Crippen LogP contribution in [0.2, 0.25) is 0 Å². The molecule has 0 amide bonds. The summed E-state index contributed by atoms with van der Waals surface area (Å²) in [4.78, 5) is 4.30. The third kappa shape index (κ3) is 2.10.